The van der Waals surface area contributed by atoms with Crippen molar-refractivity contribution >= 4 is 52.5 Å². The van der Waals surface area contributed by atoms with Crippen LogP contribution in [0.1, 0.15) is 19.4 Å². The van der Waals surface area contributed by atoms with Crippen LogP contribution in [0.5, 0.6) is 5.75 Å². The van der Waals surface area contributed by atoms with Gasteiger partial charge in [0.25, 0.3) is 5.91 Å². The van der Waals surface area contributed by atoms with E-state index >= 15 is 0 Å². The first-order chi connectivity index (χ1) is 12.8. The lowest BCUT2D eigenvalue weighted by molar-refractivity contribution is -0.112. The molecule has 140 valence electrons. The van der Waals surface area contributed by atoms with Gasteiger partial charge in [0.1, 0.15) is 17.4 Å². The molecular formula is C20H17Cl3N2O2. The van der Waals surface area contributed by atoms with Gasteiger partial charge in [-0.05, 0) is 48.4 Å². The predicted molar refractivity (Wildman–Crippen MR) is 110 cm³/mol. The first-order valence-electron chi connectivity index (χ1n) is 8.10. The third-order valence-electron chi connectivity index (χ3n) is 3.37. The lowest BCUT2D eigenvalue weighted by Crippen LogP contribution is -2.13. The van der Waals surface area contributed by atoms with Crippen molar-refractivity contribution in [2.75, 3.05) is 11.9 Å². The zero-order chi connectivity index (χ0) is 20.0. The van der Waals surface area contributed by atoms with Gasteiger partial charge in [0.2, 0.25) is 0 Å². The lowest BCUT2D eigenvalue weighted by Gasteiger charge is -2.14. The van der Waals surface area contributed by atoms with Gasteiger partial charge >= 0.3 is 0 Å². The highest BCUT2D eigenvalue weighted by Crippen LogP contribution is 2.34. The zero-order valence-electron chi connectivity index (χ0n) is 14.7. The molecule has 0 heterocycles. The molecule has 0 bridgehead atoms. The highest BCUT2D eigenvalue weighted by atomic mass is 35.5. The summed E-state index contributed by atoms with van der Waals surface area (Å²) in [7, 11) is 0. The van der Waals surface area contributed by atoms with Crippen molar-refractivity contribution in [3.63, 3.8) is 0 Å². The van der Waals surface area contributed by atoms with Crippen molar-refractivity contribution in [2.45, 2.75) is 13.8 Å². The van der Waals surface area contributed by atoms with Gasteiger partial charge in [-0.15, -0.1) is 0 Å². The average molecular weight is 424 g/mol. The topological polar surface area (TPSA) is 62.1 Å². The number of amides is 1. The van der Waals surface area contributed by atoms with E-state index in [1.54, 1.807) is 36.4 Å². The molecule has 0 aromatic heterocycles. The van der Waals surface area contributed by atoms with E-state index in [2.05, 4.69) is 5.32 Å². The summed E-state index contributed by atoms with van der Waals surface area (Å²) < 4.78 is 5.75. The predicted octanol–water partition coefficient (Wildman–Crippen LogP) is 6.23. The minimum atomic E-state index is -0.564. The Morgan fingerprint density at radius 2 is 1.85 bits per heavy atom. The second kappa shape index (κ2) is 9.66. The first kappa shape index (κ1) is 21.1. The summed E-state index contributed by atoms with van der Waals surface area (Å²) in [5, 5.41) is 13.3. The highest BCUT2D eigenvalue weighted by molar-refractivity contribution is 6.36. The second-order valence-corrected chi connectivity index (χ2v) is 7.42. The summed E-state index contributed by atoms with van der Waals surface area (Å²) in [6.07, 6.45) is 1.40. The van der Waals surface area contributed by atoms with Gasteiger partial charge in [-0.3, -0.25) is 4.79 Å². The van der Waals surface area contributed by atoms with E-state index in [-0.39, 0.29) is 11.5 Å². The minimum absolute atomic E-state index is 0.113. The number of anilines is 1. The van der Waals surface area contributed by atoms with E-state index < -0.39 is 5.91 Å². The average Bonchev–Trinajstić information content (AvgIpc) is 2.60. The van der Waals surface area contributed by atoms with Crippen LogP contribution < -0.4 is 10.1 Å². The molecule has 0 atom stereocenters. The fourth-order valence-electron chi connectivity index (χ4n) is 2.13. The summed E-state index contributed by atoms with van der Waals surface area (Å²) in [5.41, 5.74) is 0.861. The molecule has 0 aliphatic carbocycles. The number of nitrogens with zero attached hydrogens (tertiary/aromatic N) is 1. The second-order valence-electron chi connectivity index (χ2n) is 6.14. The number of carbonyl (C=O) groups is 1. The van der Waals surface area contributed by atoms with E-state index in [1.807, 2.05) is 19.9 Å². The minimum Gasteiger partial charge on any atom is -0.491 e. The van der Waals surface area contributed by atoms with Crippen molar-refractivity contribution in [3.05, 3.63) is 62.6 Å². The molecule has 0 aliphatic heterocycles. The zero-order valence-corrected chi connectivity index (χ0v) is 17.0. The smallest absolute Gasteiger partial charge is 0.266 e. The Labute approximate surface area is 173 Å². The highest BCUT2D eigenvalue weighted by Gasteiger charge is 2.15. The number of hydrogen-bond acceptors (Lipinski definition) is 3. The van der Waals surface area contributed by atoms with Gasteiger partial charge in [0.05, 0.1) is 11.6 Å². The Morgan fingerprint density at radius 3 is 2.44 bits per heavy atom. The van der Waals surface area contributed by atoms with Crippen LogP contribution in [0.15, 0.2) is 42.0 Å². The number of carbonyl (C=O) groups excluding carboxylic acids is 1. The molecule has 0 radical (unpaired) electrons. The third-order valence-corrected chi connectivity index (χ3v) is 4.12. The number of ether oxygens (including phenoxy) is 1. The largest absolute Gasteiger partial charge is 0.491 e. The van der Waals surface area contributed by atoms with Crippen LogP contribution in [-0.4, -0.2) is 12.5 Å². The summed E-state index contributed by atoms with van der Waals surface area (Å²) in [6.45, 7) is 4.43. The monoisotopic (exact) mass is 422 g/mol. The van der Waals surface area contributed by atoms with Crippen LogP contribution in [0.25, 0.3) is 6.08 Å². The molecule has 2 aromatic carbocycles. The summed E-state index contributed by atoms with van der Waals surface area (Å²) in [5.74, 6) is 0.0877. The first-order valence-corrected chi connectivity index (χ1v) is 9.24. The van der Waals surface area contributed by atoms with Crippen LogP contribution in [0.3, 0.4) is 0 Å². The van der Waals surface area contributed by atoms with Gasteiger partial charge < -0.3 is 10.1 Å². The molecule has 0 unspecified atom stereocenters. The van der Waals surface area contributed by atoms with E-state index in [4.69, 9.17) is 39.5 Å². The molecule has 27 heavy (non-hydrogen) atoms. The van der Waals surface area contributed by atoms with Crippen LogP contribution in [-0.2, 0) is 4.79 Å². The summed E-state index contributed by atoms with van der Waals surface area (Å²) in [4.78, 5) is 12.4. The van der Waals surface area contributed by atoms with E-state index in [9.17, 15) is 10.1 Å². The number of halogens is 3. The molecule has 2 aromatic rings. The van der Waals surface area contributed by atoms with Crippen LogP contribution >= 0.6 is 34.8 Å². The van der Waals surface area contributed by atoms with E-state index in [0.29, 0.717) is 38.7 Å². The SMILES string of the molecule is CC(C)COc1c(Cl)cc(Cl)cc1/C=C(\C#N)C(=O)Nc1ccc(Cl)cc1. The van der Waals surface area contributed by atoms with Gasteiger partial charge in [-0.1, -0.05) is 48.7 Å². The molecule has 1 N–H and O–H groups in total. The Balaban J connectivity index is 2.34. The van der Waals surface area contributed by atoms with Crippen molar-refractivity contribution in [1.29, 1.82) is 5.26 Å². The Bertz CT molecular complexity index is 901. The molecule has 0 saturated carbocycles. The molecule has 0 fully saturated rings. The quantitative estimate of drug-likeness (QED) is 0.442. The van der Waals surface area contributed by atoms with Gasteiger partial charge in [-0.2, -0.15) is 5.26 Å². The number of nitriles is 1. The van der Waals surface area contributed by atoms with Crippen molar-refractivity contribution < 1.29 is 9.53 Å². The normalized spacial score (nSPS) is 11.2. The molecule has 0 aliphatic rings. The Hall–Kier alpha value is -2.19. The fourth-order valence-corrected chi connectivity index (χ4v) is 2.82. The maximum Gasteiger partial charge on any atom is 0.266 e. The Kier molecular flexibility index (Phi) is 7.55. The molecular weight excluding hydrogens is 407 g/mol. The maximum absolute atomic E-state index is 12.4. The van der Waals surface area contributed by atoms with Crippen molar-refractivity contribution in [1.82, 2.24) is 0 Å². The van der Waals surface area contributed by atoms with Gasteiger partial charge in [0.15, 0.2) is 0 Å². The van der Waals surface area contributed by atoms with Gasteiger partial charge in [0, 0.05) is 21.3 Å². The molecule has 0 spiro atoms. The standard InChI is InChI=1S/C20H17Cl3N2O2/c1-12(2)11-27-19-13(8-16(22)9-18(19)23)7-14(10-24)20(26)25-17-5-3-15(21)4-6-17/h3-9,12H,11H2,1-2H3,(H,25,26)/b14-7+. The number of nitrogens with one attached hydrogen (secondary N) is 1. The number of benzene rings is 2. The summed E-state index contributed by atoms with van der Waals surface area (Å²) in [6, 6.07) is 11.6. The summed E-state index contributed by atoms with van der Waals surface area (Å²) >= 11 is 18.1. The molecule has 0 saturated heterocycles. The Morgan fingerprint density at radius 1 is 1.19 bits per heavy atom. The number of hydrogen-bond donors (Lipinski definition) is 1. The van der Waals surface area contributed by atoms with Crippen molar-refractivity contribution in [2.24, 2.45) is 5.92 Å². The van der Waals surface area contributed by atoms with Crippen LogP contribution in [0, 0.1) is 17.2 Å². The van der Waals surface area contributed by atoms with Crippen LogP contribution in [0.4, 0.5) is 5.69 Å². The fraction of sp³-hybridized carbons (Fsp3) is 0.200. The molecule has 7 heteroatoms. The molecule has 2 rings (SSSR count). The lowest BCUT2D eigenvalue weighted by atomic mass is 10.1. The third kappa shape index (κ3) is 6.18. The van der Waals surface area contributed by atoms with Crippen LogP contribution in [0.2, 0.25) is 15.1 Å². The van der Waals surface area contributed by atoms with Gasteiger partial charge in [-0.25, -0.2) is 0 Å². The molecule has 1 amide bonds. The van der Waals surface area contributed by atoms with E-state index in [0.717, 1.165) is 0 Å². The number of rotatable bonds is 6. The molecule has 4 nitrogen and oxygen atoms in total. The maximum atomic E-state index is 12.4. The van der Waals surface area contributed by atoms with E-state index in [1.165, 1.54) is 6.08 Å². The van der Waals surface area contributed by atoms with Crippen molar-refractivity contribution in [3.8, 4) is 11.8 Å².